The fourth-order valence-electron chi connectivity index (χ4n) is 3.34. The van der Waals surface area contributed by atoms with Crippen molar-refractivity contribution in [2.45, 2.75) is 43.4 Å². The van der Waals surface area contributed by atoms with Gasteiger partial charge in [-0.3, -0.25) is 0 Å². The second-order valence-electron chi connectivity index (χ2n) is 5.36. The van der Waals surface area contributed by atoms with Gasteiger partial charge in [0, 0.05) is 35.5 Å². The highest BCUT2D eigenvalue weighted by molar-refractivity contribution is 6.30. The molecule has 4 heteroatoms. The van der Waals surface area contributed by atoms with Crippen molar-refractivity contribution in [1.82, 2.24) is 5.32 Å². The number of halogens is 2. The molecule has 2 aliphatic heterocycles. The van der Waals surface area contributed by atoms with Crippen molar-refractivity contribution in [3.8, 4) is 5.75 Å². The minimum Gasteiger partial charge on any atom is -0.496 e. The molecule has 2 heterocycles. The summed E-state index contributed by atoms with van der Waals surface area (Å²) in [7, 11) is 1.58. The van der Waals surface area contributed by atoms with Gasteiger partial charge in [0.1, 0.15) is 11.4 Å². The average Bonchev–Trinajstić information content (AvgIpc) is 2.69. The molecule has 2 bridgehead atoms. The number of alkyl halides is 1. The first-order valence-electron chi connectivity index (χ1n) is 6.40. The molecular weight excluding hydrogens is 253 g/mol. The van der Waals surface area contributed by atoms with Gasteiger partial charge < -0.3 is 10.1 Å². The van der Waals surface area contributed by atoms with E-state index in [0.29, 0.717) is 29.2 Å². The van der Waals surface area contributed by atoms with Gasteiger partial charge in [-0.1, -0.05) is 11.6 Å². The van der Waals surface area contributed by atoms with Crippen molar-refractivity contribution >= 4 is 11.6 Å². The third kappa shape index (κ3) is 1.99. The van der Waals surface area contributed by atoms with Crippen molar-refractivity contribution in [3.63, 3.8) is 0 Å². The summed E-state index contributed by atoms with van der Waals surface area (Å²) in [5, 5.41) is 4.02. The number of rotatable bonds is 2. The van der Waals surface area contributed by atoms with E-state index in [1.165, 1.54) is 0 Å². The summed E-state index contributed by atoms with van der Waals surface area (Å²) in [4.78, 5) is 0. The van der Waals surface area contributed by atoms with E-state index in [2.05, 4.69) is 5.32 Å². The zero-order valence-corrected chi connectivity index (χ0v) is 11.1. The second kappa shape index (κ2) is 4.39. The van der Waals surface area contributed by atoms with Crippen molar-refractivity contribution in [1.29, 1.82) is 0 Å². The van der Waals surface area contributed by atoms with E-state index in [-0.39, 0.29) is 12.1 Å². The average molecular weight is 270 g/mol. The molecule has 2 fully saturated rings. The number of ether oxygens (including phenoxy) is 1. The summed E-state index contributed by atoms with van der Waals surface area (Å²) in [5.41, 5.74) is -0.705. The first-order valence-corrected chi connectivity index (χ1v) is 6.77. The summed E-state index contributed by atoms with van der Waals surface area (Å²) in [5.74, 6) is 0.600. The minimum atomic E-state index is -1.31. The smallest absolute Gasteiger partial charge is 0.142 e. The summed E-state index contributed by atoms with van der Waals surface area (Å²) >= 11 is 6.01. The summed E-state index contributed by atoms with van der Waals surface area (Å²) in [6.07, 6.45) is 3.17. The molecule has 0 aliphatic carbocycles. The van der Waals surface area contributed by atoms with E-state index < -0.39 is 5.67 Å². The minimum absolute atomic E-state index is 0.289. The van der Waals surface area contributed by atoms with Crippen molar-refractivity contribution < 1.29 is 9.13 Å². The largest absolute Gasteiger partial charge is 0.496 e. The predicted molar refractivity (Wildman–Crippen MR) is 70.0 cm³/mol. The lowest BCUT2D eigenvalue weighted by atomic mass is 9.82. The molecule has 0 saturated carbocycles. The molecule has 1 aromatic rings. The van der Waals surface area contributed by atoms with Gasteiger partial charge in [-0.2, -0.15) is 0 Å². The predicted octanol–water partition coefficient (Wildman–Crippen LogP) is 3.43. The molecule has 2 nitrogen and oxygen atoms in total. The zero-order chi connectivity index (χ0) is 12.8. The fraction of sp³-hybridized carbons (Fsp3) is 0.571. The third-order valence-electron chi connectivity index (χ3n) is 4.12. The highest BCUT2D eigenvalue weighted by Crippen LogP contribution is 2.47. The van der Waals surface area contributed by atoms with E-state index in [4.69, 9.17) is 16.3 Å². The van der Waals surface area contributed by atoms with Crippen LogP contribution in [0.1, 0.15) is 31.2 Å². The Morgan fingerprint density at radius 1 is 1.33 bits per heavy atom. The molecule has 1 aromatic carbocycles. The maximum atomic E-state index is 15.3. The Morgan fingerprint density at radius 3 is 2.61 bits per heavy atom. The van der Waals surface area contributed by atoms with E-state index in [1.54, 1.807) is 25.3 Å². The first-order chi connectivity index (χ1) is 8.60. The van der Waals surface area contributed by atoms with E-state index >= 15 is 4.39 Å². The van der Waals surface area contributed by atoms with Crippen LogP contribution >= 0.6 is 11.6 Å². The lowest BCUT2D eigenvalue weighted by molar-refractivity contribution is 0.0843. The Balaban J connectivity index is 2.00. The Hall–Kier alpha value is -0.800. The van der Waals surface area contributed by atoms with Crippen LogP contribution in [0.3, 0.4) is 0 Å². The van der Waals surface area contributed by atoms with E-state index in [0.717, 1.165) is 12.8 Å². The van der Waals surface area contributed by atoms with Crippen molar-refractivity contribution in [2.24, 2.45) is 0 Å². The van der Waals surface area contributed by atoms with E-state index in [9.17, 15) is 0 Å². The summed E-state index contributed by atoms with van der Waals surface area (Å²) in [6.45, 7) is 0. The highest BCUT2D eigenvalue weighted by Gasteiger charge is 2.46. The van der Waals surface area contributed by atoms with Gasteiger partial charge in [-0.05, 0) is 31.0 Å². The van der Waals surface area contributed by atoms with Crippen LogP contribution in [-0.2, 0) is 5.67 Å². The van der Waals surface area contributed by atoms with Crippen LogP contribution in [0.15, 0.2) is 18.2 Å². The fourth-order valence-corrected chi connectivity index (χ4v) is 3.51. The molecule has 2 saturated heterocycles. The monoisotopic (exact) mass is 269 g/mol. The number of hydrogen-bond acceptors (Lipinski definition) is 2. The molecule has 2 unspecified atom stereocenters. The molecule has 0 amide bonds. The van der Waals surface area contributed by atoms with E-state index in [1.807, 2.05) is 0 Å². The Morgan fingerprint density at radius 2 is 2.00 bits per heavy atom. The molecular formula is C14H17ClFNO. The molecule has 2 atom stereocenters. The van der Waals surface area contributed by atoms with Crippen LogP contribution in [0.25, 0.3) is 0 Å². The van der Waals surface area contributed by atoms with Gasteiger partial charge in [0.05, 0.1) is 7.11 Å². The normalized spacial score (nSPS) is 34.6. The number of hydrogen-bond donors (Lipinski definition) is 1. The molecule has 98 valence electrons. The Bertz CT molecular complexity index is 453. The number of piperidine rings is 1. The molecule has 18 heavy (non-hydrogen) atoms. The van der Waals surface area contributed by atoms with Gasteiger partial charge >= 0.3 is 0 Å². The van der Waals surface area contributed by atoms with Gasteiger partial charge in [0.25, 0.3) is 0 Å². The zero-order valence-electron chi connectivity index (χ0n) is 10.4. The third-order valence-corrected chi connectivity index (χ3v) is 4.35. The topological polar surface area (TPSA) is 21.3 Å². The Kier molecular flexibility index (Phi) is 2.99. The van der Waals surface area contributed by atoms with Crippen LogP contribution < -0.4 is 10.1 Å². The number of nitrogens with one attached hydrogen (secondary N) is 1. The van der Waals surface area contributed by atoms with Crippen molar-refractivity contribution in [3.05, 3.63) is 28.8 Å². The number of benzene rings is 1. The first kappa shape index (κ1) is 12.2. The molecule has 2 aliphatic rings. The number of fused-ring (bicyclic) bond motifs is 2. The van der Waals surface area contributed by atoms with Crippen LogP contribution in [0.4, 0.5) is 4.39 Å². The van der Waals surface area contributed by atoms with Crippen molar-refractivity contribution in [2.75, 3.05) is 7.11 Å². The molecule has 0 aromatic heterocycles. The van der Waals surface area contributed by atoms with Crippen LogP contribution in [0, 0.1) is 0 Å². The molecule has 3 rings (SSSR count). The second-order valence-corrected chi connectivity index (χ2v) is 5.79. The molecule has 1 N–H and O–H groups in total. The lowest BCUT2D eigenvalue weighted by Crippen LogP contribution is -2.44. The van der Waals surface area contributed by atoms with Crippen LogP contribution in [0.5, 0.6) is 5.75 Å². The summed E-state index contributed by atoms with van der Waals surface area (Å²) < 4.78 is 20.6. The Labute approximate surface area is 111 Å². The maximum absolute atomic E-state index is 15.3. The quantitative estimate of drug-likeness (QED) is 0.888. The van der Waals surface area contributed by atoms with Gasteiger partial charge in [-0.15, -0.1) is 0 Å². The summed E-state index contributed by atoms with van der Waals surface area (Å²) in [6, 6.07) is 5.78. The molecule has 0 radical (unpaired) electrons. The standard InChI is InChI=1S/C14H17ClFNO/c1-18-13-5-2-9(15)6-12(13)14(16)7-10-3-4-11(8-14)17-10/h2,5-6,10-11,17H,3-4,7-8H2,1H3. The number of methoxy groups -OCH3 is 1. The highest BCUT2D eigenvalue weighted by atomic mass is 35.5. The van der Waals surface area contributed by atoms with Crippen LogP contribution in [-0.4, -0.2) is 19.2 Å². The van der Waals surface area contributed by atoms with Gasteiger partial charge in [0.15, 0.2) is 0 Å². The molecule has 0 spiro atoms. The van der Waals surface area contributed by atoms with Gasteiger partial charge in [-0.25, -0.2) is 4.39 Å². The SMILES string of the molecule is COc1ccc(Cl)cc1C1(F)CC2CCC(C1)N2. The van der Waals surface area contributed by atoms with Gasteiger partial charge in [0.2, 0.25) is 0 Å². The maximum Gasteiger partial charge on any atom is 0.142 e. The lowest BCUT2D eigenvalue weighted by Gasteiger charge is -2.36. The van der Waals surface area contributed by atoms with Crippen LogP contribution in [0.2, 0.25) is 5.02 Å².